The van der Waals surface area contributed by atoms with Gasteiger partial charge in [0.15, 0.2) is 0 Å². The minimum absolute atomic E-state index is 0.254. The fourth-order valence-corrected chi connectivity index (χ4v) is 2.59. The average Bonchev–Trinajstić information content (AvgIpc) is 2.34. The molecule has 2 rings (SSSR count). The van der Waals surface area contributed by atoms with Gasteiger partial charge in [-0.3, -0.25) is 0 Å². The number of rotatable bonds is 3. The molecule has 0 aliphatic carbocycles. The fraction of sp³-hybridized carbons (Fsp3) is 0.200. The first-order valence-corrected chi connectivity index (χ1v) is 6.50. The molecule has 88 valence electrons. The van der Waals surface area contributed by atoms with Crippen molar-refractivity contribution in [2.45, 2.75) is 13.0 Å². The molecule has 0 amide bonds. The van der Waals surface area contributed by atoms with Crippen LogP contribution in [-0.2, 0) is 0 Å². The quantitative estimate of drug-likeness (QED) is 0.898. The third-order valence-electron chi connectivity index (χ3n) is 2.96. The summed E-state index contributed by atoms with van der Waals surface area (Å²) in [6.45, 7) is 2.15. The second kappa shape index (κ2) is 5.48. The van der Waals surface area contributed by atoms with Crippen LogP contribution >= 0.6 is 15.9 Å². The molecule has 1 nitrogen and oxygen atoms in total. The summed E-state index contributed by atoms with van der Waals surface area (Å²) in [5.74, 6) is 0. The second-order valence-corrected chi connectivity index (χ2v) is 5.05. The Morgan fingerprint density at radius 2 is 1.76 bits per heavy atom. The van der Waals surface area contributed by atoms with Crippen molar-refractivity contribution in [2.24, 2.45) is 0 Å². The minimum atomic E-state index is 0.254. The molecule has 17 heavy (non-hydrogen) atoms. The van der Waals surface area contributed by atoms with Crippen LogP contribution in [-0.4, -0.2) is 7.05 Å². The van der Waals surface area contributed by atoms with Crippen LogP contribution in [0.4, 0.5) is 0 Å². The summed E-state index contributed by atoms with van der Waals surface area (Å²) in [7, 11) is 2.00. The summed E-state index contributed by atoms with van der Waals surface area (Å²) >= 11 is 3.50. The number of aryl methyl sites for hydroxylation is 1. The molecular weight excluding hydrogens is 274 g/mol. The van der Waals surface area contributed by atoms with Gasteiger partial charge in [-0.2, -0.15) is 0 Å². The predicted octanol–water partition coefficient (Wildman–Crippen LogP) is 4.07. The topological polar surface area (TPSA) is 12.0 Å². The Balaban J connectivity index is 2.42. The first-order chi connectivity index (χ1) is 8.22. The van der Waals surface area contributed by atoms with E-state index in [0.29, 0.717) is 0 Å². The van der Waals surface area contributed by atoms with Gasteiger partial charge in [-0.05, 0) is 42.8 Å². The standard InChI is InChI=1S/C15H16BrN/c1-11-10-13(16)8-9-14(11)15(17-2)12-6-4-3-5-7-12/h3-10,15,17H,1-2H3. The summed E-state index contributed by atoms with van der Waals surface area (Å²) < 4.78 is 1.13. The van der Waals surface area contributed by atoms with Crippen LogP contribution in [0.1, 0.15) is 22.7 Å². The maximum absolute atomic E-state index is 3.50. The molecule has 2 heteroatoms. The Hall–Kier alpha value is -1.12. The highest BCUT2D eigenvalue weighted by Gasteiger charge is 2.13. The lowest BCUT2D eigenvalue weighted by Crippen LogP contribution is -2.18. The molecule has 0 radical (unpaired) electrons. The van der Waals surface area contributed by atoms with Gasteiger partial charge in [-0.15, -0.1) is 0 Å². The highest BCUT2D eigenvalue weighted by atomic mass is 79.9. The molecule has 0 aliphatic rings. The van der Waals surface area contributed by atoms with Crippen molar-refractivity contribution >= 4 is 15.9 Å². The first-order valence-electron chi connectivity index (χ1n) is 5.70. The monoisotopic (exact) mass is 289 g/mol. The Labute approximate surface area is 111 Å². The number of halogens is 1. The van der Waals surface area contributed by atoms with Crippen molar-refractivity contribution in [3.63, 3.8) is 0 Å². The highest BCUT2D eigenvalue weighted by molar-refractivity contribution is 9.10. The maximum Gasteiger partial charge on any atom is 0.0576 e. The number of hydrogen-bond acceptors (Lipinski definition) is 1. The minimum Gasteiger partial charge on any atom is -0.309 e. The second-order valence-electron chi connectivity index (χ2n) is 4.13. The van der Waals surface area contributed by atoms with E-state index in [1.807, 2.05) is 13.1 Å². The normalized spacial score (nSPS) is 12.4. The summed E-state index contributed by atoms with van der Waals surface area (Å²) in [6, 6.07) is 17.2. The lowest BCUT2D eigenvalue weighted by molar-refractivity contribution is 0.687. The number of hydrogen-bond donors (Lipinski definition) is 1. The van der Waals surface area contributed by atoms with E-state index in [2.05, 4.69) is 70.6 Å². The molecule has 2 aromatic carbocycles. The molecule has 2 aromatic rings. The Kier molecular flexibility index (Phi) is 3.97. The molecule has 0 aromatic heterocycles. The Morgan fingerprint density at radius 1 is 1.06 bits per heavy atom. The molecular formula is C15H16BrN. The van der Waals surface area contributed by atoms with Crippen LogP contribution in [0.25, 0.3) is 0 Å². The molecule has 0 spiro atoms. The molecule has 0 aliphatic heterocycles. The zero-order chi connectivity index (χ0) is 12.3. The van der Waals surface area contributed by atoms with Crippen LogP contribution in [0.15, 0.2) is 53.0 Å². The third kappa shape index (κ3) is 2.76. The van der Waals surface area contributed by atoms with Gasteiger partial charge in [0.1, 0.15) is 0 Å². The maximum atomic E-state index is 3.50. The third-order valence-corrected chi connectivity index (χ3v) is 3.46. The number of nitrogens with one attached hydrogen (secondary N) is 1. The zero-order valence-electron chi connectivity index (χ0n) is 10.1. The largest absolute Gasteiger partial charge is 0.309 e. The van der Waals surface area contributed by atoms with Crippen LogP contribution in [0.2, 0.25) is 0 Å². The summed E-state index contributed by atoms with van der Waals surface area (Å²) in [5, 5.41) is 3.38. The lowest BCUT2D eigenvalue weighted by atomic mass is 9.95. The van der Waals surface area contributed by atoms with Crippen molar-refractivity contribution in [2.75, 3.05) is 7.05 Å². The molecule has 1 atom stereocenters. The van der Waals surface area contributed by atoms with E-state index in [-0.39, 0.29) is 6.04 Å². The van der Waals surface area contributed by atoms with Crippen molar-refractivity contribution in [3.8, 4) is 0 Å². The molecule has 0 heterocycles. The van der Waals surface area contributed by atoms with Gasteiger partial charge in [-0.25, -0.2) is 0 Å². The van der Waals surface area contributed by atoms with Gasteiger partial charge in [0, 0.05) is 4.47 Å². The van der Waals surface area contributed by atoms with Crippen LogP contribution in [0, 0.1) is 6.92 Å². The smallest absolute Gasteiger partial charge is 0.0576 e. The van der Waals surface area contributed by atoms with E-state index in [4.69, 9.17) is 0 Å². The van der Waals surface area contributed by atoms with Gasteiger partial charge >= 0.3 is 0 Å². The molecule has 1 N–H and O–H groups in total. The first kappa shape index (κ1) is 12.3. The van der Waals surface area contributed by atoms with E-state index in [1.54, 1.807) is 0 Å². The predicted molar refractivity (Wildman–Crippen MR) is 76.2 cm³/mol. The van der Waals surface area contributed by atoms with Gasteiger partial charge in [0.05, 0.1) is 6.04 Å². The van der Waals surface area contributed by atoms with E-state index in [1.165, 1.54) is 16.7 Å². The fourth-order valence-electron chi connectivity index (χ4n) is 2.11. The molecule has 0 bridgehead atoms. The van der Waals surface area contributed by atoms with Gasteiger partial charge in [0.2, 0.25) is 0 Å². The van der Waals surface area contributed by atoms with Gasteiger partial charge in [-0.1, -0.05) is 52.3 Å². The zero-order valence-corrected chi connectivity index (χ0v) is 11.7. The highest BCUT2D eigenvalue weighted by Crippen LogP contribution is 2.26. The van der Waals surface area contributed by atoms with Crippen LogP contribution < -0.4 is 5.32 Å². The molecule has 1 unspecified atom stereocenters. The van der Waals surface area contributed by atoms with Crippen LogP contribution in [0.5, 0.6) is 0 Å². The number of benzene rings is 2. The molecule has 0 saturated heterocycles. The van der Waals surface area contributed by atoms with Crippen molar-refractivity contribution in [1.82, 2.24) is 5.32 Å². The van der Waals surface area contributed by atoms with Gasteiger partial charge in [0.25, 0.3) is 0 Å². The van der Waals surface area contributed by atoms with Crippen molar-refractivity contribution in [1.29, 1.82) is 0 Å². The van der Waals surface area contributed by atoms with E-state index >= 15 is 0 Å². The van der Waals surface area contributed by atoms with Crippen molar-refractivity contribution < 1.29 is 0 Å². The molecule has 0 saturated carbocycles. The molecule has 0 fully saturated rings. The van der Waals surface area contributed by atoms with E-state index < -0.39 is 0 Å². The summed E-state index contributed by atoms with van der Waals surface area (Å²) in [4.78, 5) is 0. The van der Waals surface area contributed by atoms with Gasteiger partial charge < -0.3 is 5.32 Å². The SMILES string of the molecule is CNC(c1ccccc1)c1ccc(Br)cc1C. The summed E-state index contributed by atoms with van der Waals surface area (Å²) in [5.41, 5.74) is 3.91. The van der Waals surface area contributed by atoms with Crippen LogP contribution in [0.3, 0.4) is 0 Å². The van der Waals surface area contributed by atoms with E-state index in [9.17, 15) is 0 Å². The average molecular weight is 290 g/mol. The summed E-state index contributed by atoms with van der Waals surface area (Å²) in [6.07, 6.45) is 0. The lowest BCUT2D eigenvalue weighted by Gasteiger charge is -2.19. The van der Waals surface area contributed by atoms with E-state index in [0.717, 1.165) is 4.47 Å². The Bertz CT molecular complexity index is 494. The van der Waals surface area contributed by atoms with Crippen molar-refractivity contribution in [3.05, 3.63) is 69.7 Å². The Morgan fingerprint density at radius 3 is 2.35 bits per heavy atom.